The molecule has 0 saturated heterocycles. The molecule has 0 saturated carbocycles. The quantitative estimate of drug-likeness (QED) is 0.277. The van der Waals surface area contributed by atoms with E-state index in [4.69, 9.17) is 4.98 Å². The Balaban J connectivity index is 1.82. The van der Waals surface area contributed by atoms with Crippen LogP contribution in [0.25, 0.3) is 43.0 Å². The highest BCUT2D eigenvalue weighted by Crippen LogP contribution is 2.42. The lowest BCUT2D eigenvalue weighted by molar-refractivity contribution is 1.38. The number of benzene rings is 4. The van der Waals surface area contributed by atoms with Crippen molar-refractivity contribution in [2.24, 2.45) is 0 Å². The molecule has 1 aromatic heterocycles. The van der Waals surface area contributed by atoms with Crippen LogP contribution in [0, 0.1) is 34.6 Å². The zero-order chi connectivity index (χ0) is 22.4. The predicted molar refractivity (Wildman–Crippen MR) is 140 cm³/mol. The Morgan fingerprint density at radius 1 is 0.562 bits per heavy atom. The van der Waals surface area contributed by atoms with Gasteiger partial charge in [-0.1, -0.05) is 95.1 Å². The summed E-state index contributed by atoms with van der Waals surface area (Å²) in [7, 11) is 0. The largest absolute Gasteiger partial charge is 0.235 e. The molecule has 158 valence electrons. The lowest BCUT2D eigenvalue weighted by Crippen LogP contribution is -1.88. The SMILES string of the molecule is Cc1cc(C)cc(-c2ccc(-c3cc(C)cc(C)c3)c3sc(-c4ccccc4C)nc23)c1. The zero-order valence-electron chi connectivity index (χ0n) is 19.3. The molecule has 2 heteroatoms. The average Bonchev–Trinajstić information content (AvgIpc) is 3.17. The van der Waals surface area contributed by atoms with Gasteiger partial charge in [0, 0.05) is 16.7 Å². The van der Waals surface area contributed by atoms with Crippen molar-refractivity contribution in [2.75, 3.05) is 0 Å². The fourth-order valence-electron chi connectivity index (χ4n) is 4.66. The molecule has 0 aliphatic carbocycles. The smallest absolute Gasteiger partial charge is 0.124 e. The number of hydrogen-bond donors (Lipinski definition) is 0. The number of nitrogens with zero attached hydrogens (tertiary/aromatic N) is 1. The van der Waals surface area contributed by atoms with Gasteiger partial charge in [-0.25, -0.2) is 4.98 Å². The van der Waals surface area contributed by atoms with Gasteiger partial charge in [0.1, 0.15) is 5.01 Å². The Kier molecular flexibility index (Phi) is 5.19. The Morgan fingerprint density at radius 3 is 1.69 bits per heavy atom. The first kappa shape index (κ1) is 20.7. The van der Waals surface area contributed by atoms with E-state index in [2.05, 4.69) is 107 Å². The molecular weight excluding hydrogens is 406 g/mol. The lowest BCUT2D eigenvalue weighted by Gasteiger charge is -2.10. The molecule has 0 spiro atoms. The molecule has 0 amide bonds. The molecule has 1 nitrogen and oxygen atoms in total. The fourth-order valence-corrected chi connectivity index (χ4v) is 5.87. The third-order valence-electron chi connectivity index (χ3n) is 5.98. The highest BCUT2D eigenvalue weighted by Gasteiger charge is 2.17. The van der Waals surface area contributed by atoms with Crippen molar-refractivity contribution < 1.29 is 0 Å². The second kappa shape index (κ2) is 8.03. The van der Waals surface area contributed by atoms with Crippen LogP contribution in [0.1, 0.15) is 27.8 Å². The van der Waals surface area contributed by atoms with Crippen molar-refractivity contribution in [3.05, 3.63) is 101 Å². The van der Waals surface area contributed by atoms with E-state index in [0.717, 1.165) is 10.5 Å². The van der Waals surface area contributed by atoms with Crippen LogP contribution < -0.4 is 0 Å². The van der Waals surface area contributed by atoms with Crippen molar-refractivity contribution in [3.63, 3.8) is 0 Å². The van der Waals surface area contributed by atoms with E-state index >= 15 is 0 Å². The van der Waals surface area contributed by atoms with Crippen LogP contribution in [0.2, 0.25) is 0 Å². The monoisotopic (exact) mass is 433 g/mol. The standard InChI is InChI=1S/C30H27NS/c1-18-12-19(2)15-23(14-18)26-10-11-27(24-16-20(3)13-21(4)17-24)29-28(26)31-30(32-29)25-9-7-6-8-22(25)5/h6-17H,1-5H3. The molecule has 0 aliphatic heterocycles. The number of aryl methyl sites for hydroxylation is 5. The van der Waals surface area contributed by atoms with Gasteiger partial charge in [0.05, 0.1) is 10.2 Å². The lowest BCUT2D eigenvalue weighted by atomic mass is 9.95. The minimum absolute atomic E-state index is 1.08. The minimum atomic E-state index is 1.08. The second-order valence-corrected chi connectivity index (χ2v) is 9.92. The first-order chi connectivity index (χ1) is 15.4. The Bertz CT molecular complexity index is 1340. The van der Waals surface area contributed by atoms with Gasteiger partial charge < -0.3 is 0 Å². The topological polar surface area (TPSA) is 12.9 Å². The third kappa shape index (κ3) is 3.76. The van der Waals surface area contributed by atoms with E-state index < -0.39 is 0 Å². The molecule has 5 rings (SSSR count). The number of hydrogen-bond acceptors (Lipinski definition) is 2. The molecule has 0 fully saturated rings. The van der Waals surface area contributed by atoms with Crippen molar-refractivity contribution in [3.8, 4) is 32.8 Å². The molecule has 32 heavy (non-hydrogen) atoms. The van der Waals surface area contributed by atoms with E-state index in [-0.39, 0.29) is 0 Å². The van der Waals surface area contributed by atoms with Gasteiger partial charge in [0.2, 0.25) is 0 Å². The van der Waals surface area contributed by atoms with Gasteiger partial charge in [-0.15, -0.1) is 11.3 Å². The van der Waals surface area contributed by atoms with E-state index in [1.165, 1.54) is 60.3 Å². The fraction of sp³-hybridized carbons (Fsp3) is 0.167. The summed E-state index contributed by atoms with van der Waals surface area (Å²) in [5.74, 6) is 0. The van der Waals surface area contributed by atoms with Crippen LogP contribution in [0.5, 0.6) is 0 Å². The van der Waals surface area contributed by atoms with Gasteiger partial charge in [-0.05, 0) is 51.3 Å². The summed E-state index contributed by atoms with van der Waals surface area (Å²) >= 11 is 1.80. The van der Waals surface area contributed by atoms with Crippen LogP contribution in [0.15, 0.2) is 72.8 Å². The van der Waals surface area contributed by atoms with Crippen molar-refractivity contribution in [1.29, 1.82) is 0 Å². The van der Waals surface area contributed by atoms with Crippen LogP contribution in [-0.4, -0.2) is 4.98 Å². The maximum Gasteiger partial charge on any atom is 0.124 e. The molecular formula is C30H27NS. The third-order valence-corrected chi connectivity index (χ3v) is 7.11. The Morgan fingerprint density at radius 2 is 1.09 bits per heavy atom. The first-order valence-corrected chi connectivity index (χ1v) is 11.9. The molecule has 0 radical (unpaired) electrons. The van der Waals surface area contributed by atoms with Gasteiger partial charge in [-0.3, -0.25) is 0 Å². The van der Waals surface area contributed by atoms with Crippen LogP contribution >= 0.6 is 11.3 Å². The summed E-state index contributed by atoms with van der Waals surface area (Å²) in [5, 5.41) is 1.08. The molecule has 0 bridgehead atoms. The number of fused-ring (bicyclic) bond motifs is 1. The number of thiazole rings is 1. The Hall–Kier alpha value is -3.23. The first-order valence-electron chi connectivity index (χ1n) is 11.1. The second-order valence-electron chi connectivity index (χ2n) is 8.93. The summed E-state index contributed by atoms with van der Waals surface area (Å²) < 4.78 is 1.25. The van der Waals surface area contributed by atoms with Crippen molar-refractivity contribution >= 4 is 21.6 Å². The average molecular weight is 434 g/mol. The van der Waals surface area contributed by atoms with E-state index in [1.54, 1.807) is 11.3 Å². The molecule has 4 aromatic carbocycles. The van der Waals surface area contributed by atoms with E-state index in [0.29, 0.717) is 0 Å². The molecule has 0 unspecified atom stereocenters. The van der Waals surface area contributed by atoms with Crippen molar-refractivity contribution in [2.45, 2.75) is 34.6 Å². The van der Waals surface area contributed by atoms with Crippen LogP contribution in [0.4, 0.5) is 0 Å². The van der Waals surface area contributed by atoms with Gasteiger partial charge in [0.25, 0.3) is 0 Å². The van der Waals surface area contributed by atoms with E-state index in [1.807, 2.05) is 0 Å². The van der Waals surface area contributed by atoms with E-state index in [9.17, 15) is 0 Å². The maximum atomic E-state index is 5.23. The highest BCUT2D eigenvalue weighted by atomic mass is 32.1. The maximum absolute atomic E-state index is 5.23. The molecule has 5 aromatic rings. The normalized spacial score (nSPS) is 11.3. The number of aromatic nitrogens is 1. The molecule has 0 atom stereocenters. The molecule has 0 aliphatic rings. The van der Waals surface area contributed by atoms with Gasteiger partial charge >= 0.3 is 0 Å². The van der Waals surface area contributed by atoms with Gasteiger partial charge in [-0.2, -0.15) is 0 Å². The Labute approximate surface area is 194 Å². The highest BCUT2D eigenvalue weighted by molar-refractivity contribution is 7.22. The molecule has 1 heterocycles. The predicted octanol–water partition coefficient (Wildman–Crippen LogP) is 8.84. The zero-order valence-corrected chi connectivity index (χ0v) is 20.1. The summed E-state index contributed by atoms with van der Waals surface area (Å²) in [5.41, 5.74) is 13.7. The van der Waals surface area contributed by atoms with Crippen LogP contribution in [0.3, 0.4) is 0 Å². The van der Waals surface area contributed by atoms with Crippen LogP contribution in [-0.2, 0) is 0 Å². The summed E-state index contributed by atoms with van der Waals surface area (Å²) in [6, 6.07) is 26.6. The summed E-state index contributed by atoms with van der Waals surface area (Å²) in [6.07, 6.45) is 0. The summed E-state index contributed by atoms with van der Waals surface area (Å²) in [6.45, 7) is 10.8. The van der Waals surface area contributed by atoms with Crippen molar-refractivity contribution in [1.82, 2.24) is 4.98 Å². The molecule has 0 N–H and O–H groups in total. The summed E-state index contributed by atoms with van der Waals surface area (Å²) in [4.78, 5) is 5.23. The van der Waals surface area contributed by atoms with Gasteiger partial charge in [0.15, 0.2) is 0 Å². The number of rotatable bonds is 3. The minimum Gasteiger partial charge on any atom is -0.235 e.